The van der Waals surface area contributed by atoms with E-state index in [0.29, 0.717) is 33.3 Å². The van der Waals surface area contributed by atoms with E-state index in [-0.39, 0.29) is 18.5 Å². The van der Waals surface area contributed by atoms with Crippen molar-refractivity contribution in [3.63, 3.8) is 0 Å². The van der Waals surface area contributed by atoms with Gasteiger partial charge in [-0.25, -0.2) is 4.79 Å². The highest BCUT2D eigenvalue weighted by Gasteiger charge is 2.18. The van der Waals surface area contributed by atoms with Gasteiger partial charge in [0.15, 0.2) is 5.16 Å². The van der Waals surface area contributed by atoms with E-state index < -0.39 is 11.9 Å². The molecule has 11 heteroatoms. The summed E-state index contributed by atoms with van der Waals surface area (Å²) in [5, 5.41) is 11.6. The fourth-order valence-electron chi connectivity index (χ4n) is 3.41. The van der Waals surface area contributed by atoms with Crippen molar-refractivity contribution < 1.29 is 14.3 Å². The fourth-order valence-corrected chi connectivity index (χ4v) is 4.29. The van der Waals surface area contributed by atoms with Crippen LogP contribution in [0.1, 0.15) is 12.0 Å². The van der Waals surface area contributed by atoms with E-state index in [9.17, 15) is 14.4 Å². The third kappa shape index (κ3) is 4.14. The minimum atomic E-state index is -0.890. The Kier molecular flexibility index (Phi) is 6.08. The van der Waals surface area contributed by atoms with E-state index in [1.165, 1.54) is 11.8 Å². The van der Waals surface area contributed by atoms with Gasteiger partial charge in [0, 0.05) is 17.7 Å². The number of primary amides is 1. The predicted octanol–water partition coefficient (Wildman–Crippen LogP) is 1.78. The van der Waals surface area contributed by atoms with Gasteiger partial charge < -0.3 is 10.5 Å². The van der Waals surface area contributed by atoms with E-state index in [2.05, 4.69) is 10.2 Å². The molecule has 0 bridgehead atoms. The molecule has 0 saturated heterocycles. The Morgan fingerprint density at radius 3 is 2.66 bits per heavy atom. The third-order valence-electron chi connectivity index (χ3n) is 4.82. The highest BCUT2D eigenvalue weighted by atomic mass is 32.2. The van der Waals surface area contributed by atoms with Gasteiger partial charge in [0.25, 0.3) is 5.56 Å². The SMILES string of the molecule is COc1ccccc1Cn1c(=O)c2ccccc2n2c(SCCC(=O)NC(N)=O)nnc12. The summed E-state index contributed by atoms with van der Waals surface area (Å²) in [4.78, 5) is 35.8. The minimum Gasteiger partial charge on any atom is -0.496 e. The second-order valence-electron chi connectivity index (χ2n) is 6.85. The molecule has 2 aromatic carbocycles. The quantitative estimate of drug-likeness (QED) is 0.408. The number of fused-ring (bicyclic) bond motifs is 3. The molecule has 3 amide bonds. The van der Waals surface area contributed by atoms with Crippen LogP contribution < -0.4 is 21.3 Å². The van der Waals surface area contributed by atoms with Crippen molar-refractivity contribution in [2.24, 2.45) is 5.73 Å². The summed E-state index contributed by atoms with van der Waals surface area (Å²) < 4.78 is 8.78. The van der Waals surface area contributed by atoms with E-state index >= 15 is 0 Å². The van der Waals surface area contributed by atoms with Crippen molar-refractivity contribution in [2.75, 3.05) is 12.9 Å². The number of nitrogens with one attached hydrogen (secondary N) is 1. The number of benzene rings is 2. The molecule has 0 saturated carbocycles. The molecule has 4 rings (SSSR count). The van der Waals surface area contributed by atoms with E-state index in [1.807, 2.05) is 41.7 Å². The Morgan fingerprint density at radius 2 is 1.88 bits per heavy atom. The lowest BCUT2D eigenvalue weighted by molar-refractivity contribution is -0.119. The second-order valence-corrected chi connectivity index (χ2v) is 7.91. The number of imide groups is 1. The summed E-state index contributed by atoms with van der Waals surface area (Å²) in [5.74, 6) is 0.917. The van der Waals surface area contributed by atoms with Crippen LogP contribution in [0.5, 0.6) is 5.75 Å². The summed E-state index contributed by atoms with van der Waals surface area (Å²) in [5.41, 5.74) is 6.27. The molecule has 2 heterocycles. The zero-order chi connectivity index (χ0) is 22.7. The Labute approximate surface area is 186 Å². The third-order valence-corrected chi connectivity index (χ3v) is 5.75. The summed E-state index contributed by atoms with van der Waals surface area (Å²) in [6.07, 6.45) is 0.0707. The first-order valence-electron chi connectivity index (χ1n) is 9.70. The Hall–Kier alpha value is -3.86. The van der Waals surface area contributed by atoms with Crippen LogP contribution in [0.15, 0.2) is 58.5 Å². The number of hydrogen-bond acceptors (Lipinski definition) is 7. The van der Waals surface area contributed by atoms with Crippen molar-refractivity contribution in [2.45, 2.75) is 18.1 Å². The zero-order valence-electron chi connectivity index (χ0n) is 17.1. The molecule has 32 heavy (non-hydrogen) atoms. The Morgan fingerprint density at radius 1 is 1.12 bits per heavy atom. The van der Waals surface area contributed by atoms with Gasteiger partial charge in [-0.2, -0.15) is 0 Å². The molecular formula is C21H20N6O4S. The lowest BCUT2D eigenvalue weighted by Crippen LogP contribution is -2.35. The van der Waals surface area contributed by atoms with Crippen LogP contribution >= 0.6 is 11.8 Å². The first-order chi connectivity index (χ1) is 15.5. The lowest BCUT2D eigenvalue weighted by atomic mass is 10.2. The van der Waals surface area contributed by atoms with Gasteiger partial charge >= 0.3 is 6.03 Å². The number of nitrogens with zero attached hydrogens (tertiary/aromatic N) is 4. The number of thioether (sulfide) groups is 1. The number of nitrogens with two attached hydrogens (primary N) is 1. The molecule has 0 aliphatic carbocycles. The maximum Gasteiger partial charge on any atom is 0.318 e. The number of methoxy groups -OCH3 is 1. The molecular weight excluding hydrogens is 432 g/mol. The van der Waals surface area contributed by atoms with E-state index in [1.54, 1.807) is 28.2 Å². The number of urea groups is 1. The van der Waals surface area contributed by atoms with Crippen molar-refractivity contribution in [3.05, 3.63) is 64.4 Å². The summed E-state index contributed by atoms with van der Waals surface area (Å²) in [6.45, 7) is 0.251. The minimum absolute atomic E-state index is 0.0707. The van der Waals surface area contributed by atoms with Gasteiger partial charge in [-0.1, -0.05) is 42.1 Å². The van der Waals surface area contributed by atoms with Gasteiger partial charge in [0.1, 0.15) is 5.75 Å². The molecule has 0 spiro atoms. The van der Waals surface area contributed by atoms with Crippen molar-refractivity contribution in [3.8, 4) is 5.75 Å². The Balaban J connectivity index is 1.76. The van der Waals surface area contributed by atoms with E-state index in [4.69, 9.17) is 10.5 Å². The summed E-state index contributed by atoms with van der Waals surface area (Å²) in [7, 11) is 1.58. The van der Waals surface area contributed by atoms with Crippen LogP contribution in [-0.2, 0) is 11.3 Å². The number of ether oxygens (including phenoxy) is 1. The fraction of sp³-hybridized carbons (Fsp3) is 0.190. The van der Waals surface area contributed by atoms with Crippen LogP contribution in [0.2, 0.25) is 0 Å². The van der Waals surface area contributed by atoms with Crippen molar-refractivity contribution in [1.29, 1.82) is 0 Å². The Bertz CT molecular complexity index is 1380. The smallest absolute Gasteiger partial charge is 0.318 e. The highest BCUT2D eigenvalue weighted by molar-refractivity contribution is 7.99. The molecule has 0 atom stereocenters. The van der Waals surface area contributed by atoms with Gasteiger partial charge in [0.2, 0.25) is 11.7 Å². The van der Waals surface area contributed by atoms with E-state index in [0.717, 1.165) is 5.56 Å². The largest absolute Gasteiger partial charge is 0.496 e. The van der Waals surface area contributed by atoms with Crippen LogP contribution in [0.4, 0.5) is 4.79 Å². The molecule has 0 aliphatic rings. The van der Waals surface area contributed by atoms with Crippen LogP contribution in [0.3, 0.4) is 0 Å². The topological polar surface area (TPSA) is 134 Å². The van der Waals surface area contributed by atoms with Crippen LogP contribution in [-0.4, -0.2) is 44.0 Å². The molecule has 164 valence electrons. The standard InChI is InChI=1S/C21H20N6O4S/c1-31-16-9-5-2-6-13(16)12-26-18(29)14-7-3-4-8-15(14)27-20(26)24-25-21(27)32-11-10-17(28)23-19(22)30/h2-9H,10-12H2,1H3,(H3,22,23,28,30). The average molecular weight is 452 g/mol. The number of carbonyl (C=O) groups is 2. The number of para-hydroxylation sites is 2. The van der Waals surface area contributed by atoms with Crippen molar-refractivity contribution >= 4 is 40.4 Å². The average Bonchev–Trinajstić information content (AvgIpc) is 3.20. The highest BCUT2D eigenvalue weighted by Crippen LogP contribution is 2.24. The molecule has 0 fully saturated rings. The number of rotatable bonds is 7. The number of amides is 3. The second kappa shape index (κ2) is 9.10. The van der Waals surface area contributed by atoms with Crippen LogP contribution in [0, 0.1) is 0 Å². The molecule has 0 unspecified atom stereocenters. The maximum absolute atomic E-state index is 13.3. The summed E-state index contributed by atoms with van der Waals surface area (Å²) in [6, 6.07) is 13.8. The molecule has 10 nitrogen and oxygen atoms in total. The van der Waals surface area contributed by atoms with Crippen LogP contribution in [0.25, 0.3) is 16.7 Å². The van der Waals surface area contributed by atoms with Crippen molar-refractivity contribution in [1.82, 2.24) is 24.5 Å². The monoisotopic (exact) mass is 452 g/mol. The predicted molar refractivity (Wildman–Crippen MR) is 120 cm³/mol. The normalized spacial score (nSPS) is 11.0. The number of carbonyl (C=O) groups excluding carboxylic acids is 2. The molecule has 3 N–H and O–H groups in total. The summed E-state index contributed by atoms with van der Waals surface area (Å²) >= 11 is 1.29. The first-order valence-corrected chi connectivity index (χ1v) is 10.7. The zero-order valence-corrected chi connectivity index (χ0v) is 18.0. The number of hydrogen-bond donors (Lipinski definition) is 2. The van der Waals surface area contributed by atoms with Gasteiger partial charge in [-0.15, -0.1) is 10.2 Å². The van der Waals surface area contributed by atoms with Gasteiger partial charge in [-0.3, -0.25) is 23.9 Å². The molecule has 0 aliphatic heterocycles. The molecule has 2 aromatic heterocycles. The molecule has 4 aromatic rings. The van der Waals surface area contributed by atoms with Gasteiger partial charge in [-0.05, 0) is 18.2 Å². The number of aromatic nitrogens is 4. The maximum atomic E-state index is 13.3. The molecule has 0 radical (unpaired) electrons. The lowest BCUT2D eigenvalue weighted by Gasteiger charge is -2.13. The van der Waals surface area contributed by atoms with Gasteiger partial charge in [0.05, 0.1) is 24.6 Å². The first kappa shape index (κ1) is 21.4.